The lowest BCUT2D eigenvalue weighted by atomic mass is 9.90. The zero-order valence-corrected chi connectivity index (χ0v) is 18.3. The zero-order chi connectivity index (χ0) is 23.6. The molecule has 0 aromatic heterocycles. The molecule has 1 atom stereocenters. The van der Waals surface area contributed by atoms with Crippen LogP contribution in [0.25, 0.3) is 10.8 Å². The standard InChI is InChI=1S/C25H23N3O5/c1-3-33-22(30)17-9-12-20(13-10-17)26-21(29)15-28-23(31)25(2,27-24(28)32)19-11-8-16-6-4-5-7-18(16)14-19/h4-14H,3,15H2,1-2H3,(H,26,29)(H,27,32). The smallest absolute Gasteiger partial charge is 0.338 e. The molecule has 1 heterocycles. The van der Waals surface area contributed by atoms with E-state index in [1.54, 1.807) is 32.0 Å². The Labute approximate surface area is 190 Å². The van der Waals surface area contributed by atoms with Crippen LogP contribution in [0, 0.1) is 0 Å². The second-order valence-electron chi connectivity index (χ2n) is 7.85. The van der Waals surface area contributed by atoms with Crippen molar-refractivity contribution >= 4 is 40.3 Å². The van der Waals surface area contributed by atoms with Gasteiger partial charge in [0.05, 0.1) is 12.2 Å². The molecule has 1 unspecified atom stereocenters. The average Bonchev–Trinajstić information content (AvgIpc) is 3.03. The molecule has 2 N–H and O–H groups in total. The van der Waals surface area contributed by atoms with E-state index in [9.17, 15) is 19.2 Å². The number of hydrogen-bond acceptors (Lipinski definition) is 5. The van der Waals surface area contributed by atoms with Crippen LogP contribution in [0.5, 0.6) is 0 Å². The average molecular weight is 445 g/mol. The van der Waals surface area contributed by atoms with E-state index in [2.05, 4.69) is 10.6 Å². The van der Waals surface area contributed by atoms with Gasteiger partial charge in [0.2, 0.25) is 5.91 Å². The van der Waals surface area contributed by atoms with Crippen LogP contribution in [-0.4, -0.2) is 41.9 Å². The number of esters is 1. The SMILES string of the molecule is CCOC(=O)c1ccc(NC(=O)CN2C(=O)NC(C)(c3ccc4ccccc4c3)C2=O)cc1. The van der Waals surface area contributed by atoms with Crippen molar-refractivity contribution in [2.24, 2.45) is 0 Å². The van der Waals surface area contributed by atoms with E-state index in [4.69, 9.17) is 4.74 Å². The van der Waals surface area contributed by atoms with Gasteiger partial charge in [-0.3, -0.25) is 14.5 Å². The topological polar surface area (TPSA) is 105 Å². The molecule has 8 nitrogen and oxygen atoms in total. The van der Waals surface area contributed by atoms with E-state index in [-0.39, 0.29) is 6.61 Å². The molecular weight excluding hydrogens is 422 g/mol. The van der Waals surface area contributed by atoms with E-state index < -0.39 is 35.9 Å². The van der Waals surface area contributed by atoms with Crippen molar-refractivity contribution in [3.05, 3.63) is 77.9 Å². The molecule has 1 saturated heterocycles. The van der Waals surface area contributed by atoms with Crippen LogP contribution in [0.1, 0.15) is 29.8 Å². The number of imide groups is 1. The van der Waals surface area contributed by atoms with Gasteiger partial charge in [-0.1, -0.05) is 36.4 Å². The molecule has 3 aromatic rings. The highest BCUT2D eigenvalue weighted by Gasteiger charge is 2.49. The molecule has 168 valence electrons. The molecule has 4 amide bonds. The van der Waals surface area contributed by atoms with E-state index >= 15 is 0 Å². The first-order chi connectivity index (χ1) is 15.8. The Morgan fingerprint density at radius 2 is 1.70 bits per heavy atom. The molecule has 0 saturated carbocycles. The molecule has 0 aliphatic carbocycles. The van der Waals surface area contributed by atoms with Gasteiger partial charge in [-0.25, -0.2) is 9.59 Å². The molecule has 1 fully saturated rings. The van der Waals surface area contributed by atoms with Gasteiger partial charge >= 0.3 is 12.0 Å². The van der Waals surface area contributed by atoms with Gasteiger partial charge in [-0.15, -0.1) is 0 Å². The highest BCUT2D eigenvalue weighted by atomic mass is 16.5. The van der Waals surface area contributed by atoms with Gasteiger partial charge < -0.3 is 15.4 Å². The van der Waals surface area contributed by atoms with Crippen LogP contribution in [0.3, 0.4) is 0 Å². The van der Waals surface area contributed by atoms with Crippen LogP contribution in [0.15, 0.2) is 66.7 Å². The quantitative estimate of drug-likeness (QED) is 0.447. The highest BCUT2D eigenvalue weighted by molar-refractivity contribution is 6.10. The number of carbonyl (C=O) groups excluding carboxylic acids is 4. The minimum absolute atomic E-state index is 0.265. The maximum Gasteiger partial charge on any atom is 0.338 e. The van der Waals surface area contributed by atoms with E-state index in [0.717, 1.165) is 15.7 Å². The minimum Gasteiger partial charge on any atom is -0.462 e. The summed E-state index contributed by atoms with van der Waals surface area (Å²) in [6.07, 6.45) is 0. The van der Waals surface area contributed by atoms with Crippen molar-refractivity contribution in [1.29, 1.82) is 0 Å². The van der Waals surface area contributed by atoms with Gasteiger partial charge in [0.1, 0.15) is 12.1 Å². The molecule has 0 bridgehead atoms. The third-order valence-electron chi connectivity index (χ3n) is 5.58. The summed E-state index contributed by atoms with van der Waals surface area (Å²) in [7, 11) is 0. The van der Waals surface area contributed by atoms with Crippen LogP contribution >= 0.6 is 0 Å². The van der Waals surface area contributed by atoms with Crippen LogP contribution in [0.2, 0.25) is 0 Å². The Balaban J connectivity index is 1.46. The van der Waals surface area contributed by atoms with Crippen molar-refractivity contribution in [3.8, 4) is 0 Å². The number of amides is 4. The second kappa shape index (κ2) is 8.74. The Kier molecular flexibility index (Phi) is 5.83. The summed E-state index contributed by atoms with van der Waals surface area (Å²) in [4.78, 5) is 50.9. The molecule has 8 heteroatoms. The predicted molar refractivity (Wildman–Crippen MR) is 123 cm³/mol. The number of nitrogens with one attached hydrogen (secondary N) is 2. The first kappa shape index (κ1) is 22.0. The van der Waals surface area contributed by atoms with E-state index in [1.165, 1.54) is 12.1 Å². The Morgan fingerprint density at radius 1 is 1.00 bits per heavy atom. The monoisotopic (exact) mass is 445 g/mol. The van der Waals surface area contributed by atoms with Gasteiger partial charge in [0.25, 0.3) is 5.91 Å². The second-order valence-corrected chi connectivity index (χ2v) is 7.85. The zero-order valence-electron chi connectivity index (χ0n) is 18.3. The largest absolute Gasteiger partial charge is 0.462 e. The number of anilines is 1. The fraction of sp³-hybridized carbons (Fsp3) is 0.200. The molecule has 0 radical (unpaired) electrons. The summed E-state index contributed by atoms with van der Waals surface area (Å²) < 4.78 is 4.93. The van der Waals surface area contributed by atoms with Gasteiger partial charge in [0, 0.05) is 5.69 Å². The number of hydrogen-bond donors (Lipinski definition) is 2. The predicted octanol–water partition coefficient (Wildman–Crippen LogP) is 3.42. The van der Waals surface area contributed by atoms with Crippen molar-refractivity contribution in [1.82, 2.24) is 10.2 Å². The van der Waals surface area contributed by atoms with Gasteiger partial charge in [-0.05, 0) is 60.5 Å². The molecule has 3 aromatic carbocycles. The van der Waals surface area contributed by atoms with Crippen LogP contribution in [-0.2, 0) is 19.9 Å². The van der Waals surface area contributed by atoms with Crippen molar-refractivity contribution < 1.29 is 23.9 Å². The van der Waals surface area contributed by atoms with Gasteiger partial charge in [-0.2, -0.15) is 0 Å². The number of benzene rings is 3. The summed E-state index contributed by atoms with van der Waals surface area (Å²) in [5, 5.41) is 7.32. The van der Waals surface area contributed by atoms with E-state index in [1.807, 2.05) is 36.4 Å². The highest BCUT2D eigenvalue weighted by Crippen LogP contribution is 2.31. The summed E-state index contributed by atoms with van der Waals surface area (Å²) >= 11 is 0. The summed E-state index contributed by atoms with van der Waals surface area (Å²) in [5.41, 5.74) is 0.146. The molecule has 0 spiro atoms. The minimum atomic E-state index is -1.28. The van der Waals surface area contributed by atoms with Crippen molar-refractivity contribution in [2.45, 2.75) is 19.4 Å². The molecule has 33 heavy (non-hydrogen) atoms. The lowest BCUT2D eigenvalue weighted by Crippen LogP contribution is -2.42. The number of nitrogens with zero attached hydrogens (tertiary/aromatic N) is 1. The number of carbonyl (C=O) groups is 4. The van der Waals surface area contributed by atoms with Gasteiger partial charge in [0.15, 0.2) is 0 Å². The third kappa shape index (κ3) is 4.27. The maximum absolute atomic E-state index is 13.2. The van der Waals surface area contributed by atoms with E-state index in [0.29, 0.717) is 16.8 Å². The first-order valence-electron chi connectivity index (χ1n) is 10.5. The lowest BCUT2D eigenvalue weighted by Gasteiger charge is -2.22. The first-order valence-corrected chi connectivity index (χ1v) is 10.5. The summed E-state index contributed by atoms with van der Waals surface area (Å²) in [5.74, 6) is -1.50. The fourth-order valence-corrected chi connectivity index (χ4v) is 3.78. The number of fused-ring (bicyclic) bond motifs is 1. The van der Waals surface area contributed by atoms with Crippen molar-refractivity contribution in [2.75, 3.05) is 18.5 Å². The third-order valence-corrected chi connectivity index (χ3v) is 5.58. The van der Waals surface area contributed by atoms with Crippen LogP contribution < -0.4 is 10.6 Å². The molecular formula is C25H23N3O5. The fourth-order valence-electron chi connectivity index (χ4n) is 3.78. The van der Waals surface area contributed by atoms with Crippen molar-refractivity contribution in [3.63, 3.8) is 0 Å². The number of urea groups is 1. The molecule has 4 rings (SSSR count). The Morgan fingerprint density at radius 3 is 2.39 bits per heavy atom. The Hall–Kier alpha value is -4.20. The normalized spacial score (nSPS) is 17.7. The lowest BCUT2D eigenvalue weighted by molar-refractivity contribution is -0.133. The number of rotatable bonds is 6. The summed E-state index contributed by atoms with van der Waals surface area (Å²) in [6.45, 7) is 3.17. The molecule has 1 aliphatic heterocycles. The summed E-state index contributed by atoms with van der Waals surface area (Å²) in [6, 6.07) is 18.8. The Bertz CT molecular complexity index is 1250. The molecule has 1 aliphatic rings. The van der Waals surface area contributed by atoms with Crippen LogP contribution in [0.4, 0.5) is 10.5 Å². The maximum atomic E-state index is 13.2. The number of ether oxygens (including phenoxy) is 1.